The predicted molar refractivity (Wildman–Crippen MR) is 113 cm³/mol. The van der Waals surface area contributed by atoms with Gasteiger partial charge < -0.3 is 19.1 Å². The van der Waals surface area contributed by atoms with Gasteiger partial charge in [0.05, 0.1) is 6.26 Å². The molecule has 1 aromatic rings. The number of piperazine rings is 2. The molecule has 0 unspecified atom stereocenters. The molecule has 0 atom stereocenters. The van der Waals surface area contributed by atoms with Gasteiger partial charge in [0.2, 0.25) is 5.91 Å². The van der Waals surface area contributed by atoms with E-state index in [2.05, 4.69) is 4.90 Å². The van der Waals surface area contributed by atoms with Crippen molar-refractivity contribution in [2.24, 2.45) is 5.92 Å². The van der Waals surface area contributed by atoms with Crippen LogP contribution in [0.3, 0.4) is 0 Å². The second-order valence-electron chi connectivity index (χ2n) is 8.48. The molecule has 0 spiro atoms. The molecule has 3 aliphatic rings. The zero-order valence-electron chi connectivity index (χ0n) is 18.0. The molecule has 3 saturated heterocycles. The summed E-state index contributed by atoms with van der Waals surface area (Å²) in [7, 11) is -1.48. The van der Waals surface area contributed by atoms with E-state index in [1.807, 2.05) is 7.05 Å². The van der Waals surface area contributed by atoms with E-state index in [-0.39, 0.29) is 17.7 Å². The van der Waals surface area contributed by atoms with Crippen molar-refractivity contribution in [3.63, 3.8) is 0 Å². The Balaban J connectivity index is 1.26. The lowest BCUT2D eigenvalue weighted by molar-refractivity contribution is -0.138. The van der Waals surface area contributed by atoms with Crippen molar-refractivity contribution in [3.8, 4) is 0 Å². The minimum absolute atomic E-state index is 0.0711. The van der Waals surface area contributed by atoms with Crippen molar-refractivity contribution in [1.82, 2.24) is 23.3 Å². The van der Waals surface area contributed by atoms with Crippen LogP contribution in [0.2, 0.25) is 0 Å². The summed E-state index contributed by atoms with van der Waals surface area (Å²) in [5, 5.41) is 0. The zero-order chi connectivity index (χ0) is 22.0. The number of hydrogen-bond donors (Lipinski definition) is 0. The standard InChI is InChI=1S/C20H31N5O5S/c1-21-8-12-24(13-9-21)31(28,29)25-14-10-23(11-15-25)19(26)17-4-6-22(7-5-17)20(27)18-3-2-16-30-18/h2-3,16-17H,4-15H2,1H3. The number of carbonyl (C=O) groups excluding carboxylic acids is 2. The summed E-state index contributed by atoms with van der Waals surface area (Å²) in [5.74, 6) is 0.129. The van der Waals surface area contributed by atoms with Gasteiger partial charge in [0.15, 0.2) is 5.76 Å². The minimum atomic E-state index is -3.47. The fourth-order valence-corrected chi connectivity index (χ4v) is 6.04. The summed E-state index contributed by atoms with van der Waals surface area (Å²) in [5.41, 5.74) is 0. The van der Waals surface area contributed by atoms with Gasteiger partial charge in [0, 0.05) is 71.4 Å². The van der Waals surface area contributed by atoms with Gasteiger partial charge in [-0.05, 0) is 32.0 Å². The first kappa shape index (κ1) is 22.3. The summed E-state index contributed by atoms with van der Waals surface area (Å²) in [6.45, 7) is 5.01. The lowest BCUT2D eigenvalue weighted by atomic mass is 9.95. The maximum absolute atomic E-state index is 13.0. The van der Waals surface area contributed by atoms with Crippen LogP contribution >= 0.6 is 0 Å². The van der Waals surface area contributed by atoms with Crippen molar-refractivity contribution < 1.29 is 22.4 Å². The number of hydrogen-bond acceptors (Lipinski definition) is 6. The largest absolute Gasteiger partial charge is 0.459 e. The quantitative estimate of drug-likeness (QED) is 0.625. The van der Waals surface area contributed by atoms with Crippen molar-refractivity contribution >= 4 is 22.0 Å². The molecule has 10 nitrogen and oxygen atoms in total. The highest BCUT2D eigenvalue weighted by Crippen LogP contribution is 2.23. The molecule has 2 amide bonds. The van der Waals surface area contributed by atoms with Crippen molar-refractivity contribution in [3.05, 3.63) is 24.2 Å². The van der Waals surface area contributed by atoms with E-state index in [1.54, 1.807) is 26.2 Å². The number of likely N-dealkylation sites (tertiary alicyclic amines) is 1. The Morgan fingerprint density at radius 1 is 0.871 bits per heavy atom. The second-order valence-corrected chi connectivity index (χ2v) is 10.4. The van der Waals surface area contributed by atoms with Crippen LogP contribution < -0.4 is 0 Å². The third-order valence-electron chi connectivity index (χ3n) is 6.53. The van der Waals surface area contributed by atoms with Crippen LogP contribution in [0.1, 0.15) is 23.4 Å². The molecular weight excluding hydrogens is 422 g/mol. The van der Waals surface area contributed by atoms with Crippen LogP contribution in [0.4, 0.5) is 0 Å². The van der Waals surface area contributed by atoms with E-state index < -0.39 is 10.2 Å². The summed E-state index contributed by atoms with van der Waals surface area (Å²) < 4.78 is 34.1. The first-order valence-electron chi connectivity index (χ1n) is 10.9. The Labute approximate surface area is 183 Å². The number of nitrogens with zero attached hydrogens (tertiary/aromatic N) is 5. The molecule has 0 bridgehead atoms. The molecule has 0 saturated carbocycles. The maximum atomic E-state index is 13.0. The average molecular weight is 454 g/mol. The lowest BCUT2D eigenvalue weighted by Crippen LogP contribution is -2.58. The number of amides is 2. The van der Waals surface area contributed by atoms with E-state index in [1.165, 1.54) is 10.6 Å². The molecule has 4 rings (SSSR count). The van der Waals surface area contributed by atoms with Crippen LogP contribution in [0, 0.1) is 5.92 Å². The van der Waals surface area contributed by atoms with Crippen LogP contribution in [-0.4, -0.2) is 116 Å². The zero-order valence-corrected chi connectivity index (χ0v) is 18.8. The Kier molecular flexibility index (Phi) is 6.65. The van der Waals surface area contributed by atoms with Crippen LogP contribution in [0.5, 0.6) is 0 Å². The Morgan fingerprint density at radius 2 is 1.45 bits per heavy atom. The average Bonchev–Trinajstić information content (AvgIpc) is 3.34. The summed E-state index contributed by atoms with van der Waals surface area (Å²) in [6, 6.07) is 3.34. The summed E-state index contributed by atoms with van der Waals surface area (Å²) in [4.78, 5) is 31.0. The van der Waals surface area contributed by atoms with Gasteiger partial charge in [-0.1, -0.05) is 0 Å². The number of piperidine rings is 1. The molecule has 11 heteroatoms. The molecule has 3 fully saturated rings. The molecule has 0 aliphatic carbocycles. The van der Waals surface area contributed by atoms with Gasteiger partial charge in [-0.2, -0.15) is 17.0 Å². The molecule has 31 heavy (non-hydrogen) atoms. The van der Waals surface area contributed by atoms with E-state index in [0.29, 0.717) is 71.0 Å². The monoisotopic (exact) mass is 453 g/mol. The SMILES string of the molecule is CN1CCN(S(=O)(=O)N2CCN(C(=O)C3CCN(C(=O)c4ccco4)CC3)CC2)CC1. The van der Waals surface area contributed by atoms with Gasteiger partial charge in [-0.3, -0.25) is 9.59 Å². The van der Waals surface area contributed by atoms with Gasteiger partial charge in [-0.15, -0.1) is 0 Å². The highest BCUT2D eigenvalue weighted by molar-refractivity contribution is 7.86. The van der Waals surface area contributed by atoms with Crippen LogP contribution in [0.25, 0.3) is 0 Å². The molecule has 172 valence electrons. The fraction of sp³-hybridized carbons (Fsp3) is 0.700. The highest BCUT2D eigenvalue weighted by Gasteiger charge is 2.37. The number of likely N-dealkylation sites (N-methyl/N-ethyl adjacent to an activating group) is 1. The molecular formula is C20H31N5O5S. The van der Waals surface area contributed by atoms with Crippen molar-refractivity contribution in [2.75, 3.05) is 72.5 Å². The third-order valence-corrected chi connectivity index (χ3v) is 8.56. The highest BCUT2D eigenvalue weighted by atomic mass is 32.2. The first-order chi connectivity index (χ1) is 14.9. The van der Waals surface area contributed by atoms with E-state index in [4.69, 9.17) is 4.42 Å². The third kappa shape index (κ3) is 4.79. The van der Waals surface area contributed by atoms with Gasteiger partial charge in [0.25, 0.3) is 16.1 Å². The van der Waals surface area contributed by atoms with Crippen molar-refractivity contribution in [1.29, 1.82) is 0 Å². The van der Waals surface area contributed by atoms with Gasteiger partial charge in [-0.25, -0.2) is 0 Å². The minimum Gasteiger partial charge on any atom is -0.459 e. The predicted octanol–water partition coefficient (Wildman–Crippen LogP) is -0.232. The smallest absolute Gasteiger partial charge is 0.289 e. The van der Waals surface area contributed by atoms with Crippen molar-refractivity contribution in [2.45, 2.75) is 12.8 Å². The van der Waals surface area contributed by atoms with E-state index in [0.717, 1.165) is 13.1 Å². The molecule has 0 radical (unpaired) electrons. The summed E-state index contributed by atoms with van der Waals surface area (Å²) >= 11 is 0. The van der Waals surface area contributed by atoms with E-state index >= 15 is 0 Å². The molecule has 4 heterocycles. The molecule has 3 aliphatic heterocycles. The molecule has 1 aromatic heterocycles. The Hall–Kier alpha value is -1.95. The maximum Gasteiger partial charge on any atom is 0.289 e. The number of carbonyl (C=O) groups is 2. The number of furan rings is 1. The Bertz CT molecular complexity index is 866. The van der Waals surface area contributed by atoms with Gasteiger partial charge in [0.1, 0.15) is 0 Å². The fourth-order valence-electron chi connectivity index (χ4n) is 4.47. The molecule has 0 N–H and O–H groups in total. The van der Waals surface area contributed by atoms with Crippen LogP contribution in [-0.2, 0) is 15.0 Å². The topological polar surface area (TPSA) is 97.6 Å². The number of rotatable bonds is 4. The first-order valence-corrected chi connectivity index (χ1v) is 12.3. The van der Waals surface area contributed by atoms with E-state index in [9.17, 15) is 18.0 Å². The van der Waals surface area contributed by atoms with Crippen LogP contribution in [0.15, 0.2) is 22.8 Å². The molecule has 0 aromatic carbocycles. The Morgan fingerprint density at radius 3 is 2.00 bits per heavy atom. The lowest BCUT2D eigenvalue weighted by Gasteiger charge is -2.40. The second kappa shape index (κ2) is 9.27. The van der Waals surface area contributed by atoms with Gasteiger partial charge >= 0.3 is 0 Å². The normalized spacial score (nSPS) is 23.3. The summed E-state index contributed by atoms with van der Waals surface area (Å²) in [6.07, 6.45) is 2.71.